The minimum atomic E-state index is -0.0176. The molecule has 0 radical (unpaired) electrons. The lowest BCUT2D eigenvalue weighted by Gasteiger charge is -2.22. The Morgan fingerprint density at radius 3 is 2.50 bits per heavy atom. The van der Waals surface area contributed by atoms with Gasteiger partial charge in [0.15, 0.2) is 5.69 Å². The highest BCUT2D eigenvalue weighted by molar-refractivity contribution is 5.93. The molecule has 4 rings (SSSR count). The number of amides is 1. The first-order valence-electron chi connectivity index (χ1n) is 9.77. The molecule has 0 spiro atoms. The van der Waals surface area contributed by atoms with Gasteiger partial charge in [-0.1, -0.05) is 48.5 Å². The fraction of sp³-hybridized carbons (Fsp3) is 0.304. The standard InChI is InChI=1S/C23H26N4O/c1-25(16-18-13-14-27(17-18)20-11-7-4-8-12-20)23(28)21-15-22(26(2)24-21)19-9-5-3-6-10-19/h3-12,15,18H,13-14,16-17H2,1-2H3/t18-/m0/s1. The summed E-state index contributed by atoms with van der Waals surface area (Å²) < 4.78 is 1.78. The van der Waals surface area contributed by atoms with Gasteiger partial charge in [-0.2, -0.15) is 5.10 Å². The molecule has 1 atom stereocenters. The maximum Gasteiger partial charge on any atom is 0.274 e. The summed E-state index contributed by atoms with van der Waals surface area (Å²) >= 11 is 0. The zero-order valence-electron chi connectivity index (χ0n) is 16.5. The van der Waals surface area contributed by atoms with E-state index in [1.165, 1.54) is 5.69 Å². The molecule has 0 bridgehead atoms. The number of anilines is 1. The second-order valence-electron chi connectivity index (χ2n) is 7.53. The Bertz CT molecular complexity index is 936. The summed E-state index contributed by atoms with van der Waals surface area (Å²) in [6, 6.07) is 22.4. The average molecular weight is 374 g/mol. The molecule has 1 fully saturated rings. The SMILES string of the molecule is CN(C[C@@H]1CCN(c2ccccc2)C1)C(=O)c1cc(-c2ccccc2)n(C)n1. The van der Waals surface area contributed by atoms with Crippen LogP contribution in [0, 0.1) is 5.92 Å². The van der Waals surface area contributed by atoms with Crippen LogP contribution < -0.4 is 4.90 Å². The number of rotatable bonds is 5. The summed E-state index contributed by atoms with van der Waals surface area (Å²) in [5.74, 6) is 0.461. The molecule has 5 heteroatoms. The minimum Gasteiger partial charge on any atom is -0.371 e. The highest BCUT2D eigenvalue weighted by atomic mass is 16.2. The van der Waals surface area contributed by atoms with Crippen molar-refractivity contribution in [1.29, 1.82) is 0 Å². The predicted octanol–water partition coefficient (Wildman–Crippen LogP) is 3.69. The topological polar surface area (TPSA) is 41.4 Å². The monoisotopic (exact) mass is 374 g/mol. The predicted molar refractivity (Wildman–Crippen MR) is 112 cm³/mol. The molecule has 1 amide bonds. The first-order valence-corrected chi connectivity index (χ1v) is 9.77. The van der Waals surface area contributed by atoms with Gasteiger partial charge >= 0.3 is 0 Å². The molecule has 1 saturated heterocycles. The number of aryl methyl sites for hydroxylation is 1. The van der Waals surface area contributed by atoms with E-state index in [0.29, 0.717) is 11.6 Å². The zero-order chi connectivity index (χ0) is 19.5. The molecule has 2 aromatic carbocycles. The van der Waals surface area contributed by atoms with Gasteiger partial charge in [-0.3, -0.25) is 9.48 Å². The first-order chi connectivity index (χ1) is 13.6. The van der Waals surface area contributed by atoms with Crippen molar-refractivity contribution in [3.8, 4) is 11.3 Å². The normalized spacial score (nSPS) is 16.4. The highest BCUT2D eigenvalue weighted by Gasteiger charge is 2.26. The van der Waals surface area contributed by atoms with Gasteiger partial charge in [0.1, 0.15) is 0 Å². The van der Waals surface area contributed by atoms with Crippen LogP contribution in [0.15, 0.2) is 66.7 Å². The summed E-state index contributed by atoms with van der Waals surface area (Å²) in [5.41, 5.74) is 3.78. The minimum absolute atomic E-state index is 0.0176. The Morgan fingerprint density at radius 2 is 1.79 bits per heavy atom. The third kappa shape index (κ3) is 3.79. The third-order valence-electron chi connectivity index (χ3n) is 5.45. The second kappa shape index (κ2) is 7.89. The molecule has 5 nitrogen and oxygen atoms in total. The van der Waals surface area contributed by atoms with Crippen molar-refractivity contribution in [3.05, 3.63) is 72.4 Å². The summed E-state index contributed by atoms with van der Waals surface area (Å²) in [6.07, 6.45) is 1.10. The highest BCUT2D eigenvalue weighted by Crippen LogP contribution is 2.25. The van der Waals surface area contributed by atoms with Gasteiger partial charge in [0.05, 0.1) is 5.69 Å². The van der Waals surface area contributed by atoms with E-state index < -0.39 is 0 Å². The van der Waals surface area contributed by atoms with Gasteiger partial charge in [0.2, 0.25) is 0 Å². The van der Waals surface area contributed by atoms with Gasteiger partial charge < -0.3 is 9.80 Å². The molecule has 2 heterocycles. The number of nitrogens with zero attached hydrogens (tertiary/aromatic N) is 4. The Hall–Kier alpha value is -3.08. The maximum atomic E-state index is 12.9. The molecule has 1 aliphatic rings. The van der Waals surface area contributed by atoms with Crippen molar-refractivity contribution in [1.82, 2.24) is 14.7 Å². The molecule has 0 aliphatic carbocycles. The van der Waals surface area contributed by atoms with E-state index in [1.807, 2.05) is 61.5 Å². The fourth-order valence-electron chi connectivity index (χ4n) is 3.97. The molecule has 0 saturated carbocycles. The lowest BCUT2D eigenvalue weighted by atomic mass is 10.1. The van der Waals surface area contributed by atoms with Crippen molar-refractivity contribution < 1.29 is 4.79 Å². The van der Waals surface area contributed by atoms with E-state index in [2.05, 4.69) is 34.3 Å². The Balaban J connectivity index is 1.40. The molecule has 0 N–H and O–H groups in total. The number of benzene rings is 2. The second-order valence-corrected chi connectivity index (χ2v) is 7.53. The van der Waals surface area contributed by atoms with Crippen LogP contribution in [0.25, 0.3) is 11.3 Å². The van der Waals surface area contributed by atoms with Gasteiger partial charge in [0.25, 0.3) is 5.91 Å². The Morgan fingerprint density at radius 1 is 1.11 bits per heavy atom. The molecule has 3 aromatic rings. The smallest absolute Gasteiger partial charge is 0.274 e. The van der Waals surface area contributed by atoms with E-state index >= 15 is 0 Å². The van der Waals surface area contributed by atoms with Crippen LogP contribution in [0.2, 0.25) is 0 Å². The van der Waals surface area contributed by atoms with E-state index in [-0.39, 0.29) is 5.91 Å². The van der Waals surface area contributed by atoms with Crippen molar-refractivity contribution in [2.45, 2.75) is 6.42 Å². The third-order valence-corrected chi connectivity index (χ3v) is 5.45. The fourth-order valence-corrected chi connectivity index (χ4v) is 3.97. The molecule has 0 unspecified atom stereocenters. The van der Waals surface area contributed by atoms with E-state index in [4.69, 9.17) is 0 Å². The molecule has 1 aromatic heterocycles. The summed E-state index contributed by atoms with van der Waals surface area (Å²) in [4.78, 5) is 17.1. The van der Waals surface area contributed by atoms with Crippen LogP contribution in [-0.4, -0.2) is 47.3 Å². The molecular weight excluding hydrogens is 348 g/mol. The Kier molecular flexibility index (Phi) is 5.15. The van der Waals surface area contributed by atoms with Crippen LogP contribution in [0.3, 0.4) is 0 Å². The summed E-state index contributed by atoms with van der Waals surface area (Å²) in [5, 5.41) is 4.46. The van der Waals surface area contributed by atoms with Gasteiger partial charge in [0, 0.05) is 39.4 Å². The van der Waals surface area contributed by atoms with Gasteiger partial charge in [-0.25, -0.2) is 0 Å². The largest absolute Gasteiger partial charge is 0.371 e. The number of carbonyl (C=O) groups excluding carboxylic acids is 1. The van der Waals surface area contributed by atoms with Gasteiger partial charge in [-0.15, -0.1) is 0 Å². The van der Waals surface area contributed by atoms with Crippen molar-refractivity contribution in [3.63, 3.8) is 0 Å². The first kappa shape index (κ1) is 18.3. The number of hydrogen-bond donors (Lipinski definition) is 0. The lowest BCUT2D eigenvalue weighted by Crippen LogP contribution is -2.33. The molecule has 144 valence electrons. The van der Waals surface area contributed by atoms with Crippen molar-refractivity contribution in [2.24, 2.45) is 13.0 Å². The summed E-state index contributed by atoms with van der Waals surface area (Å²) in [6.45, 7) is 2.77. The van der Waals surface area contributed by atoms with Crippen LogP contribution in [-0.2, 0) is 7.05 Å². The Labute approximate surface area is 166 Å². The lowest BCUT2D eigenvalue weighted by molar-refractivity contribution is 0.0770. The van der Waals surface area contributed by atoms with E-state index in [0.717, 1.165) is 37.3 Å². The van der Waals surface area contributed by atoms with Crippen molar-refractivity contribution in [2.75, 3.05) is 31.6 Å². The number of hydrogen-bond acceptors (Lipinski definition) is 3. The van der Waals surface area contributed by atoms with Crippen LogP contribution >= 0.6 is 0 Å². The molecular formula is C23H26N4O. The molecule has 1 aliphatic heterocycles. The quantitative estimate of drug-likeness (QED) is 0.684. The van der Waals surface area contributed by atoms with Gasteiger partial charge in [-0.05, 0) is 36.1 Å². The maximum absolute atomic E-state index is 12.9. The van der Waals surface area contributed by atoms with E-state index in [9.17, 15) is 4.79 Å². The van der Waals surface area contributed by atoms with Crippen LogP contribution in [0.1, 0.15) is 16.9 Å². The van der Waals surface area contributed by atoms with Crippen molar-refractivity contribution >= 4 is 11.6 Å². The zero-order valence-corrected chi connectivity index (χ0v) is 16.5. The van der Waals surface area contributed by atoms with E-state index in [1.54, 1.807) is 4.68 Å². The number of aromatic nitrogens is 2. The summed E-state index contributed by atoms with van der Waals surface area (Å²) in [7, 11) is 3.76. The average Bonchev–Trinajstić information content (AvgIpc) is 3.35. The number of para-hydroxylation sites is 1. The number of carbonyl (C=O) groups is 1. The van der Waals surface area contributed by atoms with Crippen LogP contribution in [0.5, 0.6) is 0 Å². The molecule has 28 heavy (non-hydrogen) atoms. The van der Waals surface area contributed by atoms with Crippen LogP contribution in [0.4, 0.5) is 5.69 Å².